The number of methoxy groups -OCH3 is 1. The summed E-state index contributed by atoms with van der Waals surface area (Å²) >= 11 is 11.1. The van der Waals surface area contributed by atoms with Gasteiger partial charge >= 0.3 is 5.97 Å². The van der Waals surface area contributed by atoms with E-state index in [0.717, 1.165) is 15.6 Å². The summed E-state index contributed by atoms with van der Waals surface area (Å²) in [5.41, 5.74) is 2.27. The van der Waals surface area contributed by atoms with E-state index in [-0.39, 0.29) is 11.1 Å². The molecule has 1 aliphatic heterocycles. The number of carbonyl (C=O) groups excluding carboxylic acids is 1. The maximum Gasteiger partial charge on any atom is 0.337 e. The van der Waals surface area contributed by atoms with Crippen LogP contribution in [0, 0.1) is 0 Å². The Balaban J connectivity index is 1.52. The van der Waals surface area contributed by atoms with Gasteiger partial charge in [-0.25, -0.2) is 9.79 Å². The number of thiazole rings is 1. The van der Waals surface area contributed by atoms with Crippen LogP contribution in [-0.2, 0) is 16.1 Å². The molecule has 1 aromatic heterocycles. The third-order valence-corrected chi connectivity index (χ3v) is 8.59. The van der Waals surface area contributed by atoms with Gasteiger partial charge in [-0.15, -0.1) is 0 Å². The number of ether oxygens (including phenoxy) is 4. The second-order valence-corrected chi connectivity index (χ2v) is 11.6. The van der Waals surface area contributed by atoms with Gasteiger partial charge in [0.2, 0.25) is 0 Å². The smallest absolute Gasteiger partial charge is 0.337 e. The molecule has 5 rings (SSSR count). The van der Waals surface area contributed by atoms with Crippen LogP contribution in [0.15, 0.2) is 86.7 Å². The number of aromatic nitrogens is 1. The van der Waals surface area contributed by atoms with Crippen LogP contribution < -0.4 is 29.1 Å². The van der Waals surface area contributed by atoms with Crippen molar-refractivity contribution in [1.82, 2.24) is 4.57 Å². The number of fused-ring (bicyclic) bond motifs is 1. The molecule has 2 heterocycles. The topological polar surface area (TPSA) is 88.4 Å². The van der Waals surface area contributed by atoms with Gasteiger partial charge in [-0.1, -0.05) is 53.3 Å². The van der Waals surface area contributed by atoms with Crippen LogP contribution in [0.4, 0.5) is 0 Å². The van der Waals surface area contributed by atoms with Crippen molar-refractivity contribution in [2.75, 3.05) is 20.3 Å². The molecule has 222 valence electrons. The van der Waals surface area contributed by atoms with Crippen molar-refractivity contribution < 1.29 is 23.7 Å². The van der Waals surface area contributed by atoms with Crippen molar-refractivity contribution in [2.45, 2.75) is 26.5 Å². The molecule has 1 atom stereocenters. The summed E-state index contributed by atoms with van der Waals surface area (Å²) in [5, 5.41) is 0.638. The standard InChI is InChI=1S/C32H28BrClN2O6S/c1-4-40-26-13-11-20(16-27(26)41-5-2)29-22(31(38)39-3)17-35-32-36(29)30(37)28(43-32)15-19-10-12-25(23(33)14-19)42-18-21-8-6-7-9-24(21)34/h6-17,29H,4-5,18H2,1-3H3/b28-15-/t29-/m0/s1. The van der Waals surface area contributed by atoms with Crippen molar-refractivity contribution >= 4 is 50.9 Å². The maximum atomic E-state index is 13.9. The van der Waals surface area contributed by atoms with E-state index in [0.29, 0.717) is 57.0 Å². The van der Waals surface area contributed by atoms with Crippen molar-refractivity contribution in [3.05, 3.63) is 118 Å². The zero-order valence-corrected chi connectivity index (χ0v) is 26.8. The molecule has 0 aliphatic carbocycles. The van der Waals surface area contributed by atoms with Crippen LogP contribution in [-0.4, -0.2) is 30.9 Å². The van der Waals surface area contributed by atoms with Crippen molar-refractivity contribution in [1.29, 1.82) is 0 Å². The molecular weight excluding hydrogens is 656 g/mol. The maximum absolute atomic E-state index is 13.9. The van der Waals surface area contributed by atoms with Gasteiger partial charge in [0.15, 0.2) is 16.3 Å². The molecule has 11 heteroatoms. The SMILES string of the molecule is CCOc1ccc([C@H]2C(C(=O)OC)=CN=c3s/c(=C\c4ccc(OCc5ccccc5Cl)c(Br)c4)c(=O)n32)cc1OCC. The van der Waals surface area contributed by atoms with Crippen molar-refractivity contribution in [3.63, 3.8) is 0 Å². The molecule has 4 aromatic rings. The minimum absolute atomic E-state index is 0.232. The van der Waals surface area contributed by atoms with E-state index in [1.54, 1.807) is 18.2 Å². The molecule has 0 amide bonds. The highest BCUT2D eigenvalue weighted by Crippen LogP contribution is 2.35. The highest BCUT2D eigenvalue weighted by Gasteiger charge is 2.31. The summed E-state index contributed by atoms with van der Waals surface area (Å²) in [5.74, 6) is 1.16. The Labute approximate surface area is 265 Å². The van der Waals surface area contributed by atoms with Crippen LogP contribution in [0.3, 0.4) is 0 Å². The van der Waals surface area contributed by atoms with Gasteiger partial charge in [0.05, 0.1) is 40.9 Å². The normalized spacial score (nSPS) is 14.4. The second-order valence-electron chi connectivity index (χ2n) is 9.32. The summed E-state index contributed by atoms with van der Waals surface area (Å²) in [4.78, 5) is 31.6. The number of halogens is 2. The van der Waals surface area contributed by atoms with E-state index in [2.05, 4.69) is 20.9 Å². The Bertz CT molecular complexity index is 1880. The predicted octanol–water partition coefficient (Wildman–Crippen LogP) is 5.81. The van der Waals surface area contributed by atoms with Crippen molar-refractivity contribution in [3.8, 4) is 17.2 Å². The molecule has 0 bridgehead atoms. The average Bonchev–Trinajstić information content (AvgIpc) is 3.32. The molecule has 0 saturated heterocycles. The van der Waals surface area contributed by atoms with Gasteiger partial charge in [-0.2, -0.15) is 0 Å². The third kappa shape index (κ3) is 6.56. The van der Waals surface area contributed by atoms with Gasteiger partial charge in [0.1, 0.15) is 12.4 Å². The predicted molar refractivity (Wildman–Crippen MR) is 170 cm³/mol. The average molecular weight is 684 g/mol. The monoisotopic (exact) mass is 682 g/mol. The summed E-state index contributed by atoms with van der Waals surface area (Å²) in [6.45, 7) is 4.97. The first-order valence-corrected chi connectivity index (χ1v) is 15.5. The lowest BCUT2D eigenvalue weighted by molar-refractivity contribution is -0.136. The van der Waals surface area contributed by atoms with E-state index >= 15 is 0 Å². The zero-order chi connectivity index (χ0) is 30.5. The Morgan fingerprint density at radius 3 is 2.49 bits per heavy atom. The van der Waals surface area contributed by atoms with Crippen LogP contribution in [0.25, 0.3) is 6.08 Å². The molecule has 0 radical (unpaired) electrons. The summed E-state index contributed by atoms with van der Waals surface area (Å²) in [6.07, 6.45) is 3.25. The Morgan fingerprint density at radius 2 is 1.77 bits per heavy atom. The van der Waals surface area contributed by atoms with Gasteiger partial charge in [0, 0.05) is 16.8 Å². The van der Waals surface area contributed by atoms with Gasteiger partial charge in [-0.3, -0.25) is 9.36 Å². The van der Waals surface area contributed by atoms with E-state index < -0.39 is 12.0 Å². The number of nitrogens with zero attached hydrogens (tertiary/aromatic N) is 2. The number of carbonyl (C=O) groups is 1. The Hall–Kier alpha value is -3.86. The van der Waals surface area contributed by atoms with Crippen molar-refractivity contribution in [2.24, 2.45) is 4.99 Å². The Morgan fingerprint density at radius 1 is 1.02 bits per heavy atom. The zero-order valence-electron chi connectivity index (χ0n) is 23.6. The summed E-state index contributed by atoms with van der Waals surface area (Å²) in [6, 6.07) is 17.7. The van der Waals surface area contributed by atoms with E-state index in [9.17, 15) is 9.59 Å². The third-order valence-electron chi connectivity index (χ3n) is 6.60. The minimum Gasteiger partial charge on any atom is -0.490 e. The van der Waals surface area contributed by atoms with Crippen LogP contribution in [0.5, 0.6) is 17.2 Å². The lowest BCUT2D eigenvalue weighted by atomic mass is 9.97. The number of rotatable bonds is 10. The first-order chi connectivity index (χ1) is 20.8. The molecule has 1 aliphatic rings. The molecule has 43 heavy (non-hydrogen) atoms. The summed E-state index contributed by atoms with van der Waals surface area (Å²) < 4.78 is 25.2. The highest BCUT2D eigenvalue weighted by atomic mass is 79.9. The number of hydrogen-bond donors (Lipinski definition) is 0. The highest BCUT2D eigenvalue weighted by molar-refractivity contribution is 9.10. The molecule has 0 fully saturated rings. The second kappa shape index (κ2) is 13.6. The molecule has 0 unspecified atom stereocenters. The van der Waals surface area contributed by atoms with Gasteiger partial charge in [-0.05, 0) is 77.3 Å². The number of benzene rings is 3. The van der Waals surface area contributed by atoms with E-state index in [1.807, 2.05) is 62.4 Å². The fourth-order valence-corrected chi connectivity index (χ4v) is 6.30. The molecule has 0 spiro atoms. The quantitative estimate of drug-likeness (QED) is 0.196. The van der Waals surface area contributed by atoms with Crippen LogP contribution in [0.1, 0.15) is 36.6 Å². The van der Waals surface area contributed by atoms with Gasteiger partial charge < -0.3 is 18.9 Å². The van der Waals surface area contributed by atoms with Gasteiger partial charge in [0.25, 0.3) is 5.56 Å². The number of hydrogen-bond acceptors (Lipinski definition) is 8. The van der Waals surface area contributed by atoms with Crippen LogP contribution in [0.2, 0.25) is 5.02 Å². The molecule has 0 N–H and O–H groups in total. The minimum atomic E-state index is -0.770. The molecular formula is C32H28BrClN2O6S. The fraction of sp³-hybridized carbons (Fsp3) is 0.219. The first kappa shape index (κ1) is 30.6. The summed E-state index contributed by atoms with van der Waals surface area (Å²) in [7, 11) is 1.30. The molecule has 8 nitrogen and oxygen atoms in total. The lowest BCUT2D eigenvalue weighted by Crippen LogP contribution is -2.39. The molecule has 0 saturated carbocycles. The molecule has 3 aromatic carbocycles. The first-order valence-electron chi connectivity index (χ1n) is 13.5. The lowest BCUT2D eigenvalue weighted by Gasteiger charge is -2.23. The number of esters is 1. The van der Waals surface area contributed by atoms with E-state index in [4.69, 9.17) is 30.5 Å². The fourth-order valence-electron chi connectivity index (χ4n) is 4.63. The van der Waals surface area contributed by atoms with E-state index in [1.165, 1.54) is 29.2 Å². The van der Waals surface area contributed by atoms with Crippen LogP contribution >= 0.6 is 38.9 Å². The Kier molecular flexibility index (Phi) is 9.69. The largest absolute Gasteiger partial charge is 0.490 e.